The second kappa shape index (κ2) is 13.8. The Labute approximate surface area is 135 Å². The van der Waals surface area contributed by atoms with E-state index < -0.39 is 5.97 Å². The smallest absolute Gasteiger partial charge is 0.310 e. The number of alkyl halides is 1. The molecule has 1 unspecified atom stereocenters. The summed E-state index contributed by atoms with van der Waals surface area (Å²) in [6, 6.07) is 0. The fourth-order valence-corrected chi connectivity index (χ4v) is 2.51. The molecule has 0 aromatic carbocycles. The zero-order valence-electron chi connectivity index (χ0n) is 14.2. The van der Waals surface area contributed by atoms with Crippen LogP contribution < -0.4 is 0 Å². The summed E-state index contributed by atoms with van der Waals surface area (Å²) >= 11 is 5.70. The van der Waals surface area contributed by atoms with E-state index in [2.05, 4.69) is 6.92 Å². The normalized spacial score (nSPS) is 13.6. The van der Waals surface area contributed by atoms with Gasteiger partial charge in [-0.3, -0.25) is 0 Å². The fourth-order valence-electron chi connectivity index (χ4n) is 2.40. The van der Waals surface area contributed by atoms with Gasteiger partial charge in [0.15, 0.2) is 0 Å². The molecule has 0 heterocycles. The minimum Gasteiger partial charge on any atom is -0.370 e. The lowest BCUT2D eigenvalue weighted by molar-refractivity contribution is -0.394. The van der Waals surface area contributed by atoms with Gasteiger partial charge < -0.3 is 18.9 Å². The molecule has 0 spiro atoms. The molecule has 0 fully saturated rings. The first-order valence-electron chi connectivity index (χ1n) is 8.03. The van der Waals surface area contributed by atoms with E-state index >= 15 is 0 Å². The molecule has 0 aliphatic carbocycles. The van der Waals surface area contributed by atoms with Crippen LogP contribution in [0.5, 0.6) is 0 Å². The van der Waals surface area contributed by atoms with Crippen molar-refractivity contribution in [1.82, 2.24) is 0 Å². The molecule has 0 rings (SSSR count). The van der Waals surface area contributed by atoms with E-state index in [1.807, 2.05) is 0 Å². The van der Waals surface area contributed by atoms with Crippen molar-refractivity contribution in [2.24, 2.45) is 0 Å². The molecule has 5 heteroatoms. The number of hydrogen-bond acceptors (Lipinski definition) is 4. The van der Waals surface area contributed by atoms with Crippen LogP contribution in [0.4, 0.5) is 0 Å². The summed E-state index contributed by atoms with van der Waals surface area (Å²) in [7, 11) is 4.73. The van der Waals surface area contributed by atoms with E-state index in [0.717, 1.165) is 19.3 Å². The molecular formula is C16H33ClO4. The molecule has 21 heavy (non-hydrogen) atoms. The minimum absolute atomic E-state index is 0.244. The van der Waals surface area contributed by atoms with Gasteiger partial charge in [0.2, 0.25) is 0 Å². The number of methoxy groups -OCH3 is 3. The van der Waals surface area contributed by atoms with Crippen LogP contribution in [-0.4, -0.2) is 45.9 Å². The maximum Gasteiger partial charge on any atom is 0.310 e. The van der Waals surface area contributed by atoms with E-state index in [1.165, 1.54) is 32.1 Å². The summed E-state index contributed by atoms with van der Waals surface area (Å²) in [6.07, 6.45) is 8.84. The van der Waals surface area contributed by atoms with Gasteiger partial charge >= 0.3 is 5.97 Å². The second-order valence-corrected chi connectivity index (χ2v) is 5.55. The first-order chi connectivity index (χ1) is 10.2. The summed E-state index contributed by atoms with van der Waals surface area (Å²) in [5.41, 5.74) is 0. The Morgan fingerprint density at radius 1 is 0.857 bits per heavy atom. The molecule has 0 bridgehead atoms. The van der Waals surface area contributed by atoms with Crippen molar-refractivity contribution in [3.63, 3.8) is 0 Å². The molecule has 0 amide bonds. The van der Waals surface area contributed by atoms with Gasteiger partial charge in [-0.25, -0.2) is 0 Å². The zero-order valence-corrected chi connectivity index (χ0v) is 14.9. The average molecular weight is 325 g/mol. The number of halogens is 1. The maximum atomic E-state index is 5.89. The second-order valence-electron chi connectivity index (χ2n) is 5.17. The Balaban J connectivity index is 4.30. The predicted molar refractivity (Wildman–Crippen MR) is 86.8 cm³/mol. The third kappa shape index (κ3) is 8.36. The monoisotopic (exact) mass is 324 g/mol. The fraction of sp³-hybridized carbons (Fsp3) is 1.00. The largest absolute Gasteiger partial charge is 0.370 e. The van der Waals surface area contributed by atoms with Crippen LogP contribution in [0.15, 0.2) is 0 Å². The Morgan fingerprint density at radius 3 is 1.95 bits per heavy atom. The number of ether oxygens (including phenoxy) is 4. The van der Waals surface area contributed by atoms with Gasteiger partial charge in [-0.05, 0) is 12.8 Å². The predicted octanol–water partition coefficient (Wildman–Crippen LogP) is 4.34. The molecule has 0 N–H and O–H groups in total. The van der Waals surface area contributed by atoms with Crippen molar-refractivity contribution < 1.29 is 18.9 Å². The Hall–Kier alpha value is 0.130. The van der Waals surface area contributed by atoms with E-state index in [-0.39, 0.29) is 6.10 Å². The zero-order chi connectivity index (χ0) is 16.0. The molecule has 0 saturated heterocycles. The van der Waals surface area contributed by atoms with Gasteiger partial charge in [-0.15, -0.1) is 11.6 Å². The van der Waals surface area contributed by atoms with Gasteiger partial charge in [0.1, 0.15) is 6.10 Å². The average Bonchev–Trinajstić information content (AvgIpc) is 2.52. The van der Waals surface area contributed by atoms with Gasteiger partial charge in [0.05, 0.1) is 0 Å². The molecule has 4 nitrogen and oxygen atoms in total. The molecule has 0 aromatic rings. The van der Waals surface area contributed by atoms with Gasteiger partial charge in [-0.2, -0.15) is 0 Å². The Morgan fingerprint density at radius 2 is 1.43 bits per heavy atom. The van der Waals surface area contributed by atoms with Crippen LogP contribution in [-0.2, 0) is 18.9 Å². The highest BCUT2D eigenvalue weighted by Crippen LogP contribution is 2.25. The van der Waals surface area contributed by atoms with Crippen molar-refractivity contribution in [2.45, 2.75) is 70.4 Å². The number of unbranched alkanes of at least 4 members (excludes halogenated alkanes) is 5. The lowest BCUT2D eigenvalue weighted by atomic mass is 10.1. The summed E-state index contributed by atoms with van der Waals surface area (Å²) < 4.78 is 22.2. The molecule has 0 aliphatic heterocycles. The Kier molecular flexibility index (Phi) is 13.9. The lowest BCUT2D eigenvalue weighted by Gasteiger charge is -2.36. The van der Waals surface area contributed by atoms with Crippen molar-refractivity contribution >= 4 is 11.6 Å². The summed E-state index contributed by atoms with van der Waals surface area (Å²) in [5, 5.41) is 0. The first-order valence-corrected chi connectivity index (χ1v) is 8.57. The minimum atomic E-state index is -1.13. The molecule has 0 saturated carbocycles. The molecule has 0 aromatic heterocycles. The topological polar surface area (TPSA) is 36.9 Å². The quantitative estimate of drug-likeness (QED) is 0.255. The number of hydrogen-bond donors (Lipinski definition) is 0. The molecular weight excluding hydrogens is 292 g/mol. The molecule has 1 atom stereocenters. The SMILES string of the molecule is CCCCCCCCC(OCCCCl)C(OC)(OC)OC. The van der Waals surface area contributed by atoms with Crippen LogP contribution in [0.2, 0.25) is 0 Å². The van der Waals surface area contributed by atoms with Gasteiger partial charge in [-0.1, -0.05) is 45.4 Å². The third-order valence-corrected chi connectivity index (χ3v) is 3.93. The van der Waals surface area contributed by atoms with Crippen LogP contribution in [0.3, 0.4) is 0 Å². The van der Waals surface area contributed by atoms with E-state index in [4.69, 9.17) is 30.5 Å². The lowest BCUT2D eigenvalue weighted by Crippen LogP contribution is -2.49. The maximum absolute atomic E-state index is 5.89. The standard InChI is InChI=1S/C16H33ClO4/c1-5-6-7-8-9-10-12-15(21-14-11-13-17)16(18-2,19-3)20-4/h15H,5-14H2,1-4H3. The van der Waals surface area contributed by atoms with Crippen molar-refractivity contribution in [3.05, 3.63) is 0 Å². The van der Waals surface area contributed by atoms with E-state index in [1.54, 1.807) is 21.3 Å². The van der Waals surface area contributed by atoms with E-state index in [0.29, 0.717) is 12.5 Å². The summed E-state index contributed by atoms with van der Waals surface area (Å²) in [4.78, 5) is 0. The third-order valence-electron chi connectivity index (χ3n) is 3.66. The van der Waals surface area contributed by atoms with Gasteiger partial charge in [0.25, 0.3) is 0 Å². The number of rotatable bonds is 15. The van der Waals surface area contributed by atoms with Crippen LogP contribution in [0, 0.1) is 0 Å². The molecule has 0 aliphatic rings. The van der Waals surface area contributed by atoms with Crippen molar-refractivity contribution in [2.75, 3.05) is 33.8 Å². The highest BCUT2D eigenvalue weighted by atomic mass is 35.5. The van der Waals surface area contributed by atoms with Crippen LogP contribution in [0.1, 0.15) is 58.3 Å². The van der Waals surface area contributed by atoms with Gasteiger partial charge in [0, 0.05) is 33.8 Å². The highest BCUT2D eigenvalue weighted by molar-refractivity contribution is 6.17. The Bertz CT molecular complexity index is 214. The van der Waals surface area contributed by atoms with Crippen LogP contribution in [0.25, 0.3) is 0 Å². The van der Waals surface area contributed by atoms with E-state index in [9.17, 15) is 0 Å². The highest BCUT2D eigenvalue weighted by Gasteiger charge is 2.40. The van der Waals surface area contributed by atoms with Crippen molar-refractivity contribution in [1.29, 1.82) is 0 Å². The van der Waals surface area contributed by atoms with Crippen molar-refractivity contribution in [3.8, 4) is 0 Å². The van der Waals surface area contributed by atoms with Crippen LogP contribution >= 0.6 is 11.6 Å². The summed E-state index contributed by atoms with van der Waals surface area (Å²) in [6.45, 7) is 2.81. The summed E-state index contributed by atoms with van der Waals surface area (Å²) in [5.74, 6) is -0.542. The molecule has 0 radical (unpaired) electrons. The first kappa shape index (κ1) is 21.1. The molecule has 128 valence electrons.